The molecule has 0 aliphatic carbocycles. The molecule has 5 heteroatoms. The molecule has 25 heavy (non-hydrogen) atoms. The van der Waals surface area contributed by atoms with Crippen LogP contribution in [-0.4, -0.2) is 22.4 Å². The highest BCUT2D eigenvalue weighted by Gasteiger charge is 2.48. The van der Waals surface area contributed by atoms with Crippen LogP contribution in [0.3, 0.4) is 0 Å². The molecule has 0 fully saturated rings. The highest BCUT2D eigenvalue weighted by Crippen LogP contribution is 2.41. The second-order valence-electron chi connectivity index (χ2n) is 8.35. The molecule has 0 saturated carbocycles. The number of nitrogens with two attached hydrogens (primary N) is 1. The van der Waals surface area contributed by atoms with Crippen molar-refractivity contribution in [3.63, 3.8) is 0 Å². The van der Waals surface area contributed by atoms with Crippen molar-refractivity contribution in [1.29, 1.82) is 0 Å². The molecule has 0 unspecified atom stereocenters. The van der Waals surface area contributed by atoms with Crippen molar-refractivity contribution in [3.8, 4) is 0 Å². The van der Waals surface area contributed by atoms with Gasteiger partial charge >= 0.3 is 5.97 Å². The molecular formula is C20H28N2O3. The normalized spacial score (nSPS) is 17.3. The van der Waals surface area contributed by atoms with E-state index in [1.165, 1.54) is 0 Å². The van der Waals surface area contributed by atoms with E-state index in [2.05, 4.69) is 0 Å². The Labute approximate surface area is 149 Å². The van der Waals surface area contributed by atoms with E-state index < -0.39 is 16.9 Å². The van der Waals surface area contributed by atoms with Crippen LogP contribution < -0.4 is 5.84 Å². The maximum atomic E-state index is 12.9. The quantitative estimate of drug-likeness (QED) is 0.507. The summed E-state index contributed by atoms with van der Waals surface area (Å²) in [4.78, 5) is 25.4. The number of hydrogen-bond donors (Lipinski definition) is 1. The zero-order valence-electron chi connectivity index (χ0n) is 16.4. The van der Waals surface area contributed by atoms with Crippen LogP contribution in [0, 0.1) is 26.2 Å². The average Bonchev–Trinajstić information content (AvgIpc) is 2.60. The number of hydrazine groups is 1. The van der Waals surface area contributed by atoms with Crippen LogP contribution in [-0.2, 0) is 14.3 Å². The number of nitrogens with zero attached hydrogens (tertiary/aromatic N) is 1. The third-order valence-electron chi connectivity index (χ3n) is 4.55. The predicted molar refractivity (Wildman–Crippen MR) is 98.2 cm³/mol. The monoisotopic (exact) mass is 344 g/mol. The molecule has 0 bridgehead atoms. The summed E-state index contributed by atoms with van der Waals surface area (Å²) in [6.45, 7) is 14.8. The van der Waals surface area contributed by atoms with Crippen LogP contribution >= 0.6 is 0 Å². The van der Waals surface area contributed by atoms with Crippen molar-refractivity contribution in [3.05, 3.63) is 40.1 Å². The third-order valence-corrected chi connectivity index (χ3v) is 4.55. The van der Waals surface area contributed by atoms with E-state index in [0.29, 0.717) is 11.3 Å². The van der Waals surface area contributed by atoms with Gasteiger partial charge in [-0.3, -0.25) is 14.6 Å². The van der Waals surface area contributed by atoms with Crippen molar-refractivity contribution >= 4 is 17.4 Å². The van der Waals surface area contributed by atoms with Gasteiger partial charge in [-0.2, -0.15) is 0 Å². The Balaban J connectivity index is 2.74. The van der Waals surface area contributed by atoms with Gasteiger partial charge in [-0.25, -0.2) is 5.84 Å². The maximum Gasteiger partial charge on any atom is 0.316 e. The number of esters is 1. The number of amides is 1. The van der Waals surface area contributed by atoms with Gasteiger partial charge in [-0.1, -0.05) is 17.7 Å². The zero-order valence-corrected chi connectivity index (χ0v) is 16.4. The lowest BCUT2D eigenvalue weighted by Crippen LogP contribution is -2.49. The van der Waals surface area contributed by atoms with Gasteiger partial charge in [0.25, 0.3) is 5.91 Å². The van der Waals surface area contributed by atoms with Gasteiger partial charge in [0.1, 0.15) is 11.3 Å². The van der Waals surface area contributed by atoms with Crippen LogP contribution in [0.5, 0.6) is 0 Å². The van der Waals surface area contributed by atoms with Gasteiger partial charge < -0.3 is 4.74 Å². The third kappa shape index (κ3) is 3.21. The fourth-order valence-corrected chi connectivity index (χ4v) is 3.10. The van der Waals surface area contributed by atoms with Crippen LogP contribution in [0.15, 0.2) is 17.9 Å². The Morgan fingerprint density at radius 3 is 2.04 bits per heavy atom. The summed E-state index contributed by atoms with van der Waals surface area (Å²) >= 11 is 0. The molecule has 5 nitrogen and oxygen atoms in total. The smallest absolute Gasteiger partial charge is 0.316 e. The van der Waals surface area contributed by atoms with Crippen LogP contribution in [0.4, 0.5) is 0 Å². The molecule has 2 rings (SSSR count). The summed E-state index contributed by atoms with van der Waals surface area (Å²) in [5, 5.41) is 1.15. The summed E-state index contributed by atoms with van der Waals surface area (Å²) < 4.78 is 5.74. The van der Waals surface area contributed by atoms with Crippen molar-refractivity contribution in [2.24, 2.45) is 11.3 Å². The SMILES string of the molecule is Cc1cc(C)c(C2=C(OC(=O)C(C)(C)C)C(C)(C)N(N)C2=O)c(C)c1. The number of rotatable bonds is 2. The van der Waals surface area contributed by atoms with Gasteiger partial charge in [0.05, 0.1) is 11.0 Å². The first kappa shape index (κ1) is 19.2. The van der Waals surface area contributed by atoms with E-state index in [1.807, 2.05) is 32.9 Å². The first-order chi connectivity index (χ1) is 11.3. The van der Waals surface area contributed by atoms with Crippen molar-refractivity contribution in [2.45, 2.75) is 60.9 Å². The number of aryl methyl sites for hydroxylation is 3. The van der Waals surface area contributed by atoms with Gasteiger partial charge in [-0.15, -0.1) is 0 Å². The van der Waals surface area contributed by atoms with Gasteiger partial charge in [0.15, 0.2) is 0 Å². The van der Waals surface area contributed by atoms with Gasteiger partial charge in [0, 0.05) is 0 Å². The molecule has 2 N–H and O–H groups in total. The van der Waals surface area contributed by atoms with Crippen molar-refractivity contribution in [1.82, 2.24) is 5.01 Å². The van der Waals surface area contributed by atoms with Gasteiger partial charge in [-0.05, 0) is 72.1 Å². The fraction of sp³-hybridized carbons (Fsp3) is 0.500. The molecule has 1 aromatic rings. The molecule has 0 atom stereocenters. The Morgan fingerprint density at radius 1 is 1.12 bits per heavy atom. The second kappa shape index (κ2) is 5.99. The minimum Gasteiger partial charge on any atom is -0.427 e. The molecule has 0 aromatic heterocycles. The summed E-state index contributed by atoms with van der Waals surface area (Å²) in [7, 11) is 0. The number of ether oxygens (including phenoxy) is 1. The van der Waals surface area contributed by atoms with Crippen molar-refractivity contribution in [2.75, 3.05) is 0 Å². The summed E-state index contributed by atoms with van der Waals surface area (Å²) in [5.41, 5.74) is 2.59. The molecule has 0 spiro atoms. The molecule has 1 aliphatic heterocycles. The number of carbonyl (C=O) groups is 2. The van der Waals surface area contributed by atoms with E-state index in [9.17, 15) is 9.59 Å². The highest BCUT2D eigenvalue weighted by atomic mass is 16.5. The van der Waals surface area contributed by atoms with E-state index >= 15 is 0 Å². The van der Waals surface area contributed by atoms with E-state index in [1.54, 1.807) is 34.6 Å². The summed E-state index contributed by atoms with van der Waals surface area (Å²) in [6, 6.07) is 4.02. The first-order valence-electron chi connectivity index (χ1n) is 8.43. The topological polar surface area (TPSA) is 72.6 Å². The van der Waals surface area contributed by atoms with Gasteiger partial charge in [0.2, 0.25) is 0 Å². The lowest BCUT2D eigenvalue weighted by molar-refractivity contribution is -0.150. The average molecular weight is 344 g/mol. The summed E-state index contributed by atoms with van der Waals surface area (Å²) in [5.74, 6) is 5.63. The Morgan fingerprint density at radius 2 is 1.60 bits per heavy atom. The standard InChI is InChI=1S/C20H28N2O3/c1-11-9-12(2)14(13(3)10-11)15-16(25-18(24)19(4,5)6)20(7,8)22(21)17(15)23/h9-10H,21H2,1-8H3. The molecule has 1 heterocycles. The van der Waals surface area contributed by atoms with Crippen molar-refractivity contribution < 1.29 is 14.3 Å². The lowest BCUT2D eigenvalue weighted by Gasteiger charge is -2.30. The molecule has 1 aliphatic rings. The maximum absolute atomic E-state index is 12.9. The largest absolute Gasteiger partial charge is 0.427 e. The first-order valence-corrected chi connectivity index (χ1v) is 8.43. The van der Waals surface area contributed by atoms with Crippen LogP contribution in [0.1, 0.15) is 56.9 Å². The number of hydrogen-bond acceptors (Lipinski definition) is 4. The molecule has 1 aromatic carbocycles. The molecule has 0 saturated heterocycles. The van der Waals surface area contributed by atoms with E-state index in [4.69, 9.17) is 10.6 Å². The minimum absolute atomic E-state index is 0.315. The van der Waals surface area contributed by atoms with Crippen LogP contribution in [0.2, 0.25) is 0 Å². The zero-order chi connectivity index (χ0) is 19.3. The predicted octanol–water partition coefficient (Wildman–Crippen LogP) is 3.41. The minimum atomic E-state index is -0.906. The second-order valence-corrected chi connectivity index (χ2v) is 8.35. The lowest BCUT2D eigenvalue weighted by atomic mass is 9.91. The Bertz CT molecular complexity index is 760. The molecular weight excluding hydrogens is 316 g/mol. The highest BCUT2D eigenvalue weighted by molar-refractivity contribution is 6.23. The molecule has 136 valence electrons. The fourth-order valence-electron chi connectivity index (χ4n) is 3.10. The molecule has 0 radical (unpaired) electrons. The number of benzene rings is 1. The van der Waals surface area contributed by atoms with E-state index in [-0.39, 0.29) is 5.91 Å². The Hall–Kier alpha value is -2.14. The van der Waals surface area contributed by atoms with E-state index in [0.717, 1.165) is 27.3 Å². The Kier molecular flexibility index (Phi) is 4.60. The molecule has 1 amide bonds. The summed E-state index contributed by atoms with van der Waals surface area (Å²) in [6.07, 6.45) is 0. The number of carbonyl (C=O) groups excluding carboxylic acids is 2. The van der Waals surface area contributed by atoms with Crippen LogP contribution in [0.25, 0.3) is 5.57 Å².